The molecule has 2 aromatic rings. The van der Waals surface area contributed by atoms with Crippen LogP contribution in [0, 0.1) is 12.8 Å². The molecule has 1 atom stereocenters. The molecule has 0 spiro atoms. The molecule has 26 heavy (non-hydrogen) atoms. The molecule has 0 bridgehead atoms. The van der Waals surface area contributed by atoms with Crippen LogP contribution in [0.5, 0.6) is 5.75 Å². The van der Waals surface area contributed by atoms with Crippen LogP contribution in [0.2, 0.25) is 0 Å². The number of aromatic amines is 1. The van der Waals surface area contributed by atoms with E-state index in [1.165, 1.54) is 19.3 Å². The number of pyridine rings is 1. The Labute approximate surface area is 151 Å². The van der Waals surface area contributed by atoms with Gasteiger partial charge in [0.15, 0.2) is 11.5 Å². The Morgan fingerprint density at radius 1 is 1.35 bits per heavy atom. The lowest BCUT2D eigenvalue weighted by atomic mass is 9.84. The summed E-state index contributed by atoms with van der Waals surface area (Å²) >= 11 is 0. The molecule has 1 aliphatic carbocycles. The number of carbonyl (C=O) groups is 1. The van der Waals surface area contributed by atoms with Crippen molar-refractivity contribution in [2.24, 2.45) is 5.92 Å². The Balaban J connectivity index is 1.88. The maximum Gasteiger partial charge on any atom is 0.294 e. The third-order valence-electron chi connectivity index (χ3n) is 5.06. The monoisotopic (exact) mass is 356 g/mol. The molecule has 2 heterocycles. The van der Waals surface area contributed by atoms with Crippen molar-refractivity contribution in [3.8, 4) is 17.3 Å². The normalized spacial score (nSPS) is 16.2. The van der Waals surface area contributed by atoms with Crippen molar-refractivity contribution in [3.63, 3.8) is 0 Å². The third-order valence-corrected chi connectivity index (χ3v) is 5.06. The number of nitrogens with zero attached hydrogens (tertiary/aromatic N) is 2. The average molecular weight is 356 g/mol. The molecular formula is C19H24N4O3. The van der Waals surface area contributed by atoms with Gasteiger partial charge in [0, 0.05) is 12.2 Å². The van der Waals surface area contributed by atoms with Gasteiger partial charge in [-0.15, -0.1) is 0 Å². The van der Waals surface area contributed by atoms with Crippen molar-refractivity contribution >= 4 is 5.91 Å². The number of nitrogens with one attached hydrogen (secondary N) is 2. The Hall–Kier alpha value is -2.70. The second-order valence-electron chi connectivity index (χ2n) is 6.94. The zero-order valence-electron chi connectivity index (χ0n) is 15.1. The Kier molecular flexibility index (Phi) is 5.35. The van der Waals surface area contributed by atoms with Crippen molar-refractivity contribution in [2.75, 3.05) is 0 Å². The van der Waals surface area contributed by atoms with Crippen LogP contribution < -0.4 is 10.9 Å². The van der Waals surface area contributed by atoms with Crippen LogP contribution in [-0.2, 0) is 0 Å². The topological polar surface area (TPSA) is 108 Å². The number of hydrogen-bond acceptors (Lipinski definition) is 5. The highest BCUT2D eigenvalue weighted by molar-refractivity contribution is 5.95. The highest BCUT2D eigenvalue weighted by Gasteiger charge is 2.25. The van der Waals surface area contributed by atoms with Crippen molar-refractivity contribution in [3.05, 3.63) is 39.9 Å². The molecule has 1 aliphatic rings. The van der Waals surface area contributed by atoms with Gasteiger partial charge in [-0.2, -0.15) is 0 Å². The molecule has 0 radical (unpaired) electrons. The summed E-state index contributed by atoms with van der Waals surface area (Å²) in [6.07, 6.45) is 7.31. The molecule has 1 amide bonds. The first kappa shape index (κ1) is 18.1. The fourth-order valence-corrected chi connectivity index (χ4v) is 3.50. The molecule has 0 aliphatic heterocycles. The zero-order valence-corrected chi connectivity index (χ0v) is 15.1. The lowest BCUT2D eigenvalue weighted by molar-refractivity contribution is 0.0911. The summed E-state index contributed by atoms with van der Waals surface area (Å²) in [6, 6.07) is 3.57. The van der Waals surface area contributed by atoms with Crippen molar-refractivity contribution < 1.29 is 9.90 Å². The number of amides is 1. The van der Waals surface area contributed by atoms with E-state index in [9.17, 15) is 14.7 Å². The SMILES string of the molecule is Cc1cccnc1-c1nc(C(=O)N[C@@H](C)C2CCCCC2)c(O)c(=O)[nH]1. The summed E-state index contributed by atoms with van der Waals surface area (Å²) in [5.74, 6) is -0.632. The summed E-state index contributed by atoms with van der Waals surface area (Å²) < 4.78 is 0. The first-order valence-electron chi connectivity index (χ1n) is 9.03. The Morgan fingerprint density at radius 3 is 2.77 bits per heavy atom. The van der Waals surface area contributed by atoms with E-state index in [0.29, 0.717) is 11.6 Å². The Morgan fingerprint density at radius 2 is 2.08 bits per heavy atom. The highest BCUT2D eigenvalue weighted by atomic mass is 16.3. The van der Waals surface area contributed by atoms with Gasteiger partial charge in [-0.1, -0.05) is 25.3 Å². The molecule has 0 aromatic carbocycles. The van der Waals surface area contributed by atoms with Gasteiger partial charge in [-0.3, -0.25) is 14.6 Å². The number of carbonyl (C=O) groups excluding carboxylic acids is 1. The molecule has 0 saturated heterocycles. The predicted molar refractivity (Wildman–Crippen MR) is 98.0 cm³/mol. The quantitative estimate of drug-likeness (QED) is 0.780. The van der Waals surface area contributed by atoms with E-state index < -0.39 is 17.2 Å². The number of hydrogen-bond donors (Lipinski definition) is 3. The van der Waals surface area contributed by atoms with E-state index in [-0.39, 0.29) is 17.6 Å². The maximum atomic E-state index is 12.6. The molecule has 0 unspecified atom stereocenters. The van der Waals surface area contributed by atoms with Crippen LogP contribution in [0.4, 0.5) is 0 Å². The number of aryl methyl sites for hydroxylation is 1. The second-order valence-corrected chi connectivity index (χ2v) is 6.94. The average Bonchev–Trinajstić information content (AvgIpc) is 2.65. The van der Waals surface area contributed by atoms with Gasteiger partial charge in [-0.05, 0) is 44.2 Å². The van der Waals surface area contributed by atoms with Crippen LogP contribution in [0.15, 0.2) is 23.1 Å². The van der Waals surface area contributed by atoms with Crippen LogP contribution >= 0.6 is 0 Å². The lowest BCUT2D eigenvalue weighted by Gasteiger charge is -2.28. The van der Waals surface area contributed by atoms with Crippen LogP contribution in [-0.4, -0.2) is 32.0 Å². The first-order chi connectivity index (χ1) is 12.5. The molecular weight excluding hydrogens is 332 g/mol. The van der Waals surface area contributed by atoms with Gasteiger partial charge in [0.25, 0.3) is 11.5 Å². The summed E-state index contributed by atoms with van der Waals surface area (Å²) in [6.45, 7) is 3.79. The van der Waals surface area contributed by atoms with Gasteiger partial charge >= 0.3 is 0 Å². The second kappa shape index (κ2) is 7.68. The van der Waals surface area contributed by atoms with E-state index in [1.54, 1.807) is 12.3 Å². The van der Waals surface area contributed by atoms with Gasteiger partial charge in [0.1, 0.15) is 5.69 Å². The third kappa shape index (κ3) is 3.76. The standard InChI is InChI=1S/C19H24N4O3/c1-11-7-6-10-20-14(11)17-22-15(16(24)19(26)23-17)18(25)21-12(2)13-8-4-3-5-9-13/h6-7,10,12-13,24H,3-5,8-9H2,1-2H3,(H,21,25)(H,22,23,26)/t12-/m0/s1. The lowest BCUT2D eigenvalue weighted by Crippen LogP contribution is -2.39. The molecule has 3 rings (SSSR count). The highest BCUT2D eigenvalue weighted by Crippen LogP contribution is 2.26. The molecule has 1 saturated carbocycles. The zero-order chi connectivity index (χ0) is 18.7. The largest absolute Gasteiger partial charge is 0.501 e. The van der Waals surface area contributed by atoms with Crippen molar-refractivity contribution in [2.45, 2.75) is 52.0 Å². The first-order valence-corrected chi connectivity index (χ1v) is 9.03. The summed E-state index contributed by atoms with van der Waals surface area (Å²) in [4.78, 5) is 35.6. The molecule has 2 aromatic heterocycles. The maximum absolute atomic E-state index is 12.6. The molecule has 7 nitrogen and oxygen atoms in total. The van der Waals surface area contributed by atoms with Gasteiger partial charge < -0.3 is 15.4 Å². The number of aromatic nitrogens is 3. The van der Waals surface area contributed by atoms with Crippen LogP contribution in [0.3, 0.4) is 0 Å². The van der Waals surface area contributed by atoms with E-state index in [0.717, 1.165) is 18.4 Å². The molecule has 138 valence electrons. The van der Waals surface area contributed by atoms with E-state index >= 15 is 0 Å². The number of rotatable bonds is 4. The fraction of sp³-hybridized carbons (Fsp3) is 0.474. The van der Waals surface area contributed by atoms with Gasteiger partial charge in [0.2, 0.25) is 5.75 Å². The minimum atomic E-state index is -0.754. The minimum Gasteiger partial charge on any atom is -0.501 e. The van der Waals surface area contributed by atoms with E-state index in [1.807, 2.05) is 19.9 Å². The number of H-pyrrole nitrogens is 1. The molecule has 1 fully saturated rings. The van der Waals surface area contributed by atoms with Crippen molar-refractivity contribution in [1.29, 1.82) is 0 Å². The van der Waals surface area contributed by atoms with Gasteiger partial charge in [0.05, 0.1) is 0 Å². The summed E-state index contributed by atoms with van der Waals surface area (Å²) in [7, 11) is 0. The van der Waals surface area contributed by atoms with Gasteiger partial charge in [-0.25, -0.2) is 4.98 Å². The van der Waals surface area contributed by atoms with Crippen molar-refractivity contribution in [1.82, 2.24) is 20.3 Å². The molecule has 7 heteroatoms. The number of aromatic hydroxyl groups is 1. The fourth-order valence-electron chi connectivity index (χ4n) is 3.50. The summed E-state index contributed by atoms with van der Waals surface area (Å²) in [5, 5.41) is 12.9. The predicted octanol–water partition coefficient (Wildman–Crippen LogP) is 2.54. The smallest absolute Gasteiger partial charge is 0.294 e. The van der Waals surface area contributed by atoms with E-state index in [4.69, 9.17) is 0 Å². The Bertz CT molecular complexity index is 856. The minimum absolute atomic E-state index is 0.0386. The van der Waals surface area contributed by atoms with Crippen LogP contribution in [0.25, 0.3) is 11.5 Å². The summed E-state index contributed by atoms with van der Waals surface area (Å²) in [5.41, 5.74) is 0.259. The molecule has 3 N–H and O–H groups in total. The van der Waals surface area contributed by atoms with Crippen LogP contribution in [0.1, 0.15) is 55.1 Å². The van der Waals surface area contributed by atoms with E-state index in [2.05, 4.69) is 20.3 Å².